The van der Waals surface area contributed by atoms with Gasteiger partial charge in [-0.15, -0.1) is 0 Å². The van der Waals surface area contributed by atoms with Crippen molar-refractivity contribution < 1.29 is 8.42 Å². The summed E-state index contributed by atoms with van der Waals surface area (Å²) in [6.45, 7) is 0. The minimum Gasteiger partial charge on any atom is -0.208 e. The average molecular weight is 313 g/mol. The van der Waals surface area contributed by atoms with Gasteiger partial charge in [-0.3, -0.25) is 0 Å². The molecule has 1 atom stereocenters. The normalized spacial score (nSPS) is 18.3. The number of fused-ring (bicyclic) bond motifs is 1. The van der Waals surface area contributed by atoms with E-state index in [1.54, 1.807) is 6.08 Å². The highest BCUT2D eigenvalue weighted by atomic mass is 32.2. The van der Waals surface area contributed by atoms with Gasteiger partial charge in [-0.05, 0) is 42.0 Å². The zero-order valence-corrected chi connectivity index (χ0v) is 13.1. The van der Waals surface area contributed by atoms with E-state index in [0.717, 1.165) is 30.4 Å². The molecule has 0 bridgehead atoms. The third-order valence-corrected chi connectivity index (χ3v) is 5.02. The lowest BCUT2D eigenvalue weighted by atomic mass is 9.88. The monoisotopic (exact) mass is 313 g/mol. The zero-order valence-electron chi connectivity index (χ0n) is 12.3. The molecule has 22 heavy (non-hydrogen) atoms. The van der Waals surface area contributed by atoms with Gasteiger partial charge in [0.25, 0.3) is 0 Å². The number of aryl methyl sites for hydroxylation is 1. The second-order valence-electron chi connectivity index (χ2n) is 5.52. The van der Waals surface area contributed by atoms with E-state index >= 15 is 0 Å². The molecule has 0 heterocycles. The van der Waals surface area contributed by atoms with Gasteiger partial charge in [-0.2, -0.15) is 0 Å². The van der Waals surface area contributed by atoms with Gasteiger partial charge in [-0.1, -0.05) is 54.6 Å². The summed E-state index contributed by atoms with van der Waals surface area (Å²) in [5.74, 6) is 0. The van der Waals surface area contributed by atoms with Crippen LogP contribution >= 0.6 is 0 Å². The highest BCUT2D eigenvalue weighted by Gasteiger charge is 2.23. The van der Waals surface area contributed by atoms with E-state index in [4.69, 9.17) is 0 Å². The summed E-state index contributed by atoms with van der Waals surface area (Å²) in [5, 5.41) is 1.25. The van der Waals surface area contributed by atoms with Gasteiger partial charge in [0.05, 0.1) is 0 Å². The Labute approximate surface area is 131 Å². The van der Waals surface area contributed by atoms with Gasteiger partial charge in [0.15, 0.2) is 0 Å². The minimum absolute atomic E-state index is 0.129. The Balaban J connectivity index is 1.77. The van der Waals surface area contributed by atoms with E-state index in [-0.39, 0.29) is 6.04 Å². The molecule has 0 radical (unpaired) electrons. The van der Waals surface area contributed by atoms with Crippen molar-refractivity contribution in [1.29, 1.82) is 0 Å². The fourth-order valence-corrected chi connectivity index (χ4v) is 3.90. The molecule has 114 valence electrons. The predicted molar refractivity (Wildman–Crippen MR) is 89.7 cm³/mol. The number of hydrogen-bond donors (Lipinski definition) is 1. The zero-order chi connectivity index (χ0) is 15.4. The van der Waals surface area contributed by atoms with Crippen molar-refractivity contribution in [3.05, 3.63) is 76.7 Å². The molecular formula is C18H19NO2S. The molecule has 2 aromatic rings. The van der Waals surface area contributed by atoms with Crippen LogP contribution in [0.4, 0.5) is 0 Å². The van der Waals surface area contributed by atoms with E-state index in [2.05, 4.69) is 10.8 Å². The summed E-state index contributed by atoms with van der Waals surface area (Å²) in [6, 6.07) is 17.4. The fraction of sp³-hybridized carbons (Fsp3) is 0.222. The van der Waals surface area contributed by atoms with Crippen LogP contribution in [0.2, 0.25) is 0 Å². The molecule has 1 aliphatic rings. The first-order chi connectivity index (χ1) is 10.6. The molecule has 0 aliphatic heterocycles. The maximum atomic E-state index is 12.3. The molecule has 3 nitrogen and oxygen atoms in total. The van der Waals surface area contributed by atoms with Gasteiger partial charge < -0.3 is 0 Å². The van der Waals surface area contributed by atoms with Crippen LogP contribution in [0.5, 0.6) is 0 Å². The molecule has 4 heteroatoms. The van der Waals surface area contributed by atoms with Crippen LogP contribution in [-0.2, 0) is 16.4 Å². The molecule has 0 amide bonds. The van der Waals surface area contributed by atoms with E-state index < -0.39 is 10.0 Å². The molecular weight excluding hydrogens is 294 g/mol. The molecule has 2 aromatic carbocycles. The summed E-state index contributed by atoms with van der Waals surface area (Å²) >= 11 is 0. The highest BCUT2D eigenvalue weighted by Crippen LogP contribution is 2.30. The van der Waals surface area contributed by atoms with Gasteiger partial charge in [-0.25, -0.2) is 13.1 Å². The Hall–Kier alpha value is -1.91. The van der Waals surface area contributed by atoms with Crippen LogP contribution in [0.3, 0.4) is 0 Å². The van der Waals surface area contributed by atoms with Crippen molar-refractivity contribution in [3.63, 3.8) is 0 Å². The van der Waals surface area contributed by atoms with Crippen LogP contribution in [0.25, 0.3) is 6.08 Å². The van der Waals surface area contributed by atoms with Crippen molar-refractivity contribution in [2.45, 2.75) is 25.3 Å². The number of hydrogen-bond acceptors (Lipinski definition) is 2. The maximum absolute atomic E-state index is 12.3. The van der Waals surface area contributed by atoms with Gasteiger partial charge in [0.1, 0.15) is 0 Å². The standard InChI is InChI=1S/C18H19NO2S/c20-22(21,14-13-15-7-2-1-3-8-15)19-18-12-6-10-16-9-4-5-11-17(16)18/h1-5,7-9,11,13-14,18-19H,6,10,12H2/b14-13+/t18-/m0/s1. The van der Waals surface area contributed by atoms with Crippen molar-refractivity contribution in [2.75, 3.05) is 0 Å². The second kappa shape index (κ2) is 6.46. The van der Waals surface area contributed by atoms with Crippen LogP contribution in [0, 0.1) is 0 Å². The largest absolute Gasteiger partial charge is 0.234 e. The third kappa shape index (κ3) is 3.64. The van der Waals surface area contributed by atoms with E-state index in [1.807, 2.05) is 48.5 Å². The molecule has 0 unspecified atom stereocenters. The number of rotatable bonds is 4. The topological polar surface area (TPSA) is 46.2 Å². The van der Waals surface area contributed by atoms with Crippen molar-refractivity contribution in [3.8, 4) is 0 Å². The number of sulfonamides is 1. The summed E-state index contributed by atoms with van der Waals surface area (Å²) in [7, 11) is -3.45. The first-order valence-electron chi connectivity index (χ1n) is 7.47. The van der Waals surface area contributed by atoms with Crippen LogP contribution < -0.4 is 4.72 Å². The van der Waals surface area contributed by atoms with Crippen LogP contribution in [0.1, 0.15) is 35.6 Å². The number of nitrogens with one attached hydrogen (secondary N) is 1. The van der Waals surface area contributed by atoms with Gasteiger partial charge in [0, 0.05) is 11.4 Å². The first-order valence-corrected chi connectivity index (χ1v) is 9.02. The summed E-state index contributed by atoms with van der Waals surface area (Å²) in [5.41, 5.74) is 3.22. The van der Waals surface area contributed by atoms with Crippen LogP contribution in [0.15, 0.2) is 60.0 Å². The maximum Gasteiger partial charge on any atom is 0.234 e. The van der Waals surface area contributed by atoms with Crippen LogP contribution in [-0.4, -0.2) is 8.42 Å². The molecule has 0 spiro atoms. The Morgan fingerprint density at radius 3 is 2.55 bits per heavy atom. The first kappa shape index (κ1) is 15.0. The molecule has 0 aromatic heterocycles. The summed E-state index contributed by atoms with van der Waals surface area (Å²) < 4.78 is 27.4. The number of benzene rings is 2. The van der Waals surface area contributed by atoms with Gasteiger partial charge in [0.2, 0.25) is 10.0 Å². The Morgan fingerprint density at radius 2 is 1.73 bits per heavy atom. The second-order valence-corrected chi connectivity index (χ2v) is 7.12. The molecule has 1 N–H and O–H groups in total. The lowest BCUT2D eigenvalue weighted by Crippen LogP contribution is -2.29. The quantitative estimate of drug-likeness (QED) is 0.936. The van der Waals surface area contributed by atoms with Crippen molar-refractivity contribution >= 4 is 16.1 Å². The molecule has 0 saturated heterocycles. The lowest BCUT2D eigenvalue weighted by molar-refractivity contribution is 0.512. The average Bonchev–Trinajstić information content (AvgIpc) is 2.54. The predicted octanol–water partition coefficient (Wildman–Crippen LogP) is 3.65. The van der Waals surface area contributed by atoms with Crippen molar-refractivity contribution in [1.82, 2.24) is 4.72 Å². The summed E-state index contributed by atoms with van der Waals surface area (Å²) in [4.78, 5) is 0. The Bertz CT molecular complexity index is 767. The van der Waals surface area contributed by atoms with E-state index in [9.17, 15) is 8.42 Å². The Morgan fingerprint density at radius 1 is 1.00 bits per heavy atom. The Kier molecular flexibility index (Phi) is 4.41. The molecule has 1 aliphatic carbocycles. The molecule has 0 saturated carbocycles. The van der Waals surface area contributed by atoms with E-state index in [0.29, 0.717) is 0 Å². The summed E-state index contributed by atoms with van der Waals surface area (Å²) in [6.07, 6.45) is 4.49. The fourth-order valence-electron chi connectivity index (χ4n) is 2.85. The highest BCUT2D eigenvalue weighted by molar-refractivity contribution is 7.92. The molecule has 3 rings (SSSR count). The lowest BCUT2D eigenvalue weighted by Gasteiger charge is -2.25. The third-order valence-electron chi connectivity index (χ3n) is 3.92. The minimum atomic E-state index is -3.45. The van der Waals surface area contributed by atoms with E-state index in [1.165, 1.54) is 11.0 Å². The smallest absolute Gasteiger partial charge is 0.208 e. The SMILES string of the molecule is O=S(=O)(/C=C/c1ccccc1)N[C@H]1CCCc2ccccc21. The van der Waals surface area contributed by atoms with Crippen molar-refractivity contribution in [2.24, 2.45) is 0 Å². The molecule has 0 fully saturated rings. The van der Waals surface area contributed by atoms with Gasteiger partial charge >= 0.3 is 0 Å².